The molecule has 0 bridgehead atoms. The van der Waals surface area contributed by atoms with Crippen LogP contribution in [-0.2, 0) is 4.74 Å². The standard InChI is InChI=1S/C25H31Cl2N3O/c1-2-21(17-5-7-18(26)8-6-17)30-25(28)20-10-9-19-22(23(20)27)24(19)31-15-3-4-16-11-13-29-14-12-16/h5-10,16,19,21,29H,2-4,11-15H2,1H3,(H2,28,30)/t19-,21?/m1/s1. The Morgan fingerprint density at radius 2 is 1.97 bits per heavy atom. The molecule has 2 atom stereocenters. The third-order valence-corrected chi connectivity index (χ3v) is 7.05. The van der Waals surface area contributed by atoms with Gasteiger partial charge in [-0.15, -0.1) is 0 Å². The van der Waals surface area contributed by atoms with E-state index in [4.69, 9.17) is 38.7 Å². The number of fused-ring (bicyclic) bond motifs is 1. The Bertz CT molecular complexity index is 911. The normalized spacial score (nSPS) is 22.5. The molecule has 0 saturated carbocycles. The highest BCUT2D eigenvalue weighted by atomic mass is 35.5. The van der Waals surface area contributed by atoms with Gasteiger partial charge in [-0.05, 0) is 68.8 Å². The van der Waals surface area contributed by atoms with Crippen LogP contribution in [0.25, 0.3) is 0 Å². The summed E-state index contributed by atoms with van der Waals surface area (Å²) in [6.07, 6.45) is 9.83. The van der Waals surface area contributed by atoms with Gasteiger partial charge in [-0.2, -0.15) is 0 Å². The van der Waals surface area contributed by atoms with Crippen LogP contribution < -0.4 is 11.1 Å². The molecule has 3 N–H and O–H groups in total. The summed E-state index contributed by atoms with van der Waals surface area (Å²) < 4.78 is 6.07. The summed E-state index contributed by atoms with van der Waals surface area (Å²) in [6.45, 7) is 5.15. The fourth-order valence-corrected chi connectivity index (χ4v) is 4.97. The van der Waals surface area contributed by atoms with Crippen LogP contribution in [0, 0.1) is 11.8 Å². The molecule has 1 aromatic rings. The first-order valence-corrected chi connectivity index (χ1v) is 12.1. The topological polar surface area (TPSA) is 59.6 Å². The lowest BCUT2D eigenvalue weighted by molar-refractivity contribution is 0.201. The van der Waals surface area contributed by atoms with Gasteiger partial charge in [0.1, 0.15) is 11.6 Å². The number of hydrogen-bond acceptors (Lipinski definition) is 3. The SMILES string of the molecule is CCC(N=C(N)C1=C(Cl)C2=C(OCCCC3CCNCC3)[C@@H]2C=C1)c1ccc(Cl)cc1. The summed E-state index contributed by atoms with van der Waals surface area (Å²) in [5.41, 5.74) is 9.32. The Hall–Kier alpha value is -1.75. The van der Waals surface area contributed by atoms with Gasteiger partial charge in [0.15, 0.2) is 0 Å². The summed E-state index contributed by atoms with van der Waals surface area (Å²) in [5, 5.41) is 4.81. The molecule has 0 aromatic heterocycles. The number of amidine groups is 1. The number of allylic oxidation sites excluding steroid dienone is 3. The Balaban J connectivity index is 1.38. The Labute approximate surface area is 195 Å². The van der Waals surface area contributed by atoms with E-state index in [1.807, 2.05) is 30.3 Å². The van der Waals surface area contributed by atoms with Gasteiger partial charge in [0.25, 0.3) is 0 Å². The summed E-state index contributed by atoms with van der Waals surface area (Å²) in [4.78, 5) is 4.76. The number of aliphatic imine (C=N–C) groups is 1. The second-order valence-corrected chi connectivity index (χ2v) is 9.33. The Morgan fingerprint density at radius 1 is 1.23 bits per heavy atom. The molecule has 1 heterocycles. The molecule has 166 valence electrons. The Morgan fingerprint density at radius 3 is 2.68 bits per heavy atom. The van der Waals surface area contributed by atoms with Crippen molar-refractivity contribution in [3.8, 4) is 0 Å². The molecule has 3 aliphatic rings. The van der Waals surface area contributed by atoms with Crippen molar-refractivity contribution in [2.75, 3.05) is 19.7 Å². The molecule has 1 unspecified atom stereocenters. The molecule has 1 saturated heterocycles. The number of nitrogens with two attached hydrogens (primary N) is 1. The number of nitrogens with one attached hydrogen (secondary N) is 1. The molecule has 1 fully saturated rings. The van der Waals surface area contributed by atoms with Crippen molar-refractivity contribution in [1.82, 2.24) is 5.32 Å². The first-order valence-electron chi connectivity index (χ1n) is 11.3. The van der Waals surface area contributed by atoms with E-state index >= 15 is 0 Å². The van der Waals surface area contributed by atoms with Crippen molar-refractivity contribution in [1.29, 1.82) is 0 Å². The summed E-state index contributed by atoms with van der Waals surface area (Å²) in [5.74, 6) is 2.51. The number of piperidine rings is 1. The lowest BCUT2D eigenvalue weighted by Crippen LogP contribution is -2.27. The van der Waals surface area contributed by atoms with Gasteiger partial charge >= 0.3 is 0 Å². The quantitative estimate of drug-likeness (QED) is 0.274. The maximum Gasteiger partial charge on any atom is 0.127 e. The van der Waals surface area contributed by atoms with Crippen molar-refractivity contribution in [2.24, 2.45) is 22.6 Å². The smallest absolute Gasteiger partial charge is 0.127 e. The fourth-order valence-electron chi connectivity index (χ4n) is 4.47. The largest absolute Gasteiger partial charge is 0.497 e. The molecule has 0 radical (unpaired) electrons. The van der Waals surface area contributed by atoms with E-state index in [1.165, 1.54) is 19.3 Å². The maximum atomic E-state index is 6.70. The van der Waals surface area contributed by atoms with Crippen LogP contribution in [0.15, 0.2) is 63.3 Å². The number of benzene rings is 1. The van der Waals surface area contributed by atoms with Gasteiger partial charge in [0, 0.05) is 16.2 Å². The highest BCUT2D eigenvalue weighted by Crippen LogP contribution is 2.51. The van der Waals surface area contributed by atoms with Crippen LogP contribution in [0.2, 0.25) is 5.02 Å². The molecule has 1 aliphatic heterocycles. The van der Waals surface area contributed by atoms with Crippen molar-refractivity contribution in [3.63, 3.8) is 0 Å². The third-order valence-electron chi connectivity index (χ3n) is 6.39. The van der Waals surface area contributed by atoms with Gasteiger partial charge < -0.3 is 15.8 Å². The van der Waals surface area contributed by atoms with Crippen LogP contribution in [0.3, 0.4) is 0 Å². The number of nitrogens with zero attached hydrogens (tertiary/aromatic N) is 1. The second-order valence-electron chi connectivity index (χ2n) is 8.52. The monoisotopic (exact) mass is 459 g/mol. The van der Waals surface area contributed by atoms with Gasteiger partial charge in [0.2, 0.25) is 0 Å². The minimum atomic E-state index is -0.0285. The van der Waals surface area contributed by atoms with Crippen LogP contribution >= 0.6 is 23.2 Å². The third kappa shape index (κ3) is 5.36. The van der Waals surface area contributed by atoms with E-state index in [2.05, 4.69) is 18.3 Å². The fraction of sp³-hybridized carbons (Fsp3) is 0.480. The first kappa shape index (κ1) is 22.4. The molecule has 6 heteroatoms. The number of hydrogen-bond donors (Lipinski definition) is 2. The van der Waals surface area contributed by atoms with Crippen LogP contribution in [0.1, 0.15) is 50.6 Å². The predicted octanol–water partition coefficient (Wildman–Crippen LogP) is 5.89. The minimum absolute atomic E-state index is 0.0285. The molecule has 0 amide bonds. The lowest BCUT2D eigenvalue weighted by atomic mass is 9.93. The van der Waals surface area contributed by atoms with Gasteiger partial charge in [-0.3, -0.25) is 4.99 Å². The minimum Gasteiger partial charge on any atom is -0.497 e. The average molecular weight is 460 g/mol. The average Bonchev–Trinajstić information content (AvgIpc) is 3.50. The van der Waals surface area contributed by atoms with Crippen LogP contribution in [0.4, 0.5) is 0 Å². The molecular formula is C25H31Cl2N3O. The van der Waals surface area contributed by atoms with E-state index < -0.39 is 0 Å². The summed E-state index contributed by atoms with van der Waals surface area (Å²) in [6, 6.07) is 7.72. The van der Waals surface area contributed by atoms with E-state index in [9.17, 15) is 0 Å². The second kappa shape index (κ2) is 10.2. The summed E-state index contributed by atoms with van der Waals surface area (Å²) in [7, 11) is 0. The molecule has 4 nitrogen and oxygen atoms in total. The molecule has 2 aliphatic carbocycles. The number of halogens is 2. The first-order chi connectivity index (χ1) is 15.1. The van der Waals surface area contributed by atoms with Gasteiger partial charge in [-0.25, -0.2) is 0 Å². The lowest BCUT2D eigenvalue weighted by Gasteiger charge is -2.22. The van der Waals surface area contributed by atoms with Crippen molar-refractivity contribution < 1.29 is 4.74 Å². The van der Waals surface area contributed by atoms with E-state index in [-0.39, 0.29) is 12.0 Å². The zero-order chi connectivity index (χ0) is 21.8. The van der Waals surface area contributed by atoms with Crippen molar-refractivity contribution in [2.45, 2.75) is 45.1 Å². The maximum absolute atomic E-state index is 6.70. The van der Waals surface area contributed by atoms with E-state index in [0.717, 1.165) is 60.9 Å². The number of ether oxygens (including phenoxy) is 1. The highest BCUT2D eigenvalue weighted by molar-refractivity contribution is 6.36. The van der Waals surface area contributed by atoms with Crippen LogP contribution in [-0.4, -0.2) is 25.5 Å². The molecule has 31 heavy (non-hydrogen) atoms. The Kier molecular flexibility index (Phi) is 7.42. The zero-order valence-electron chi connectivity index (χ0n) is 18.0. The van der Waals surface area contributed by atoms with Crippen molar-refractivity contribution in [3.05, 3.63) is 68.9 Å². The predicted molar refractivity (Wildman–Crippen MR) is 129 cm³/mol. The highest BCUT2D eigenvalue weighted by Gasteiger charge is 2.42. The molecule has 1 aromatic carbocycles. The van der Waals surface area contributed by atoms with Crippen LogP contribution in [0.5, 0.6) is 0 Å². The molecular weight excluding hydrogens is 429 g/mol. The number of rotatable bonds is 9. The van der Waals surface area contributed by atoms with Gasteiger partial charge in [-0.1, -0.05) is 54.4 Å². The van der Waals surface area contributed by atoms with E-state index in [1.54, 1.807) is 0 Å². The van der Waals surface area contributed by atoms with Crippen molar-refractivity contribution >= 4 is 29.0 Å². The molecule has 4 rings (SSSR count). The van der Waals surface area contributed by atoms with Gasteiger partial charge in [0.05, 0.1) is 23.6 Å². The molecule has 0 spiro atoms. The van der Waals surface area contributed by atoms with E-state index in [0.29, 0.717) is 15.9 Å². The summed E-state index contributed by atoms with van der Waals surface area (Å²) >= 11 is 12.7. The zero-order valence-corrected chi connectivity index (χ0v) is 19.6.